The zero-order valence-corrected chi connectivity index (χ0v) is 17.1. The lowest BCUT2D eigenvalue weighted by Crippen LogP contribution is -2.52. The fraction of sp³-hybridized carbons (Fsp3) is 0.381. The first-order chi connectivity index (χ1) is 14.5. The monoisotopic (exact) mass is 425 g/mol. The summed E-state index contributed by atoms with van der Waals surface area (Å²) in [4.78, 5) is 26.0. The number of nitrogens with zero attached hydrogens (tertiary/aromatic N) is 4. The Bertz CT molecular complexity index is 1110. The van der Waals surface area contributed by atoms with Crippen molar-refractivity contribution in [3.63, 3.8) is 0 Å². The summed E-state index contributed by atoms with van der Waals surface area (Å²) in [6.07, 6.45) is 5.44. The first-order valence-corrected chi connectivity index (χ1v) is 10.3. The molecule has 5 rings (SSSR count). The van der Waals surface area contributed by atoms with E-state index in [0.717, 1.165) is 43.4 Å². The molecule has 0 spiro atoms. The summed E-state index contributed by atoms with van der Waals surface area (Å²) in [5.74, 6) is 1.44. The smallest absolute Gasteiger partial charge is 0.390 e. The number of rotatable bonds is 5. The van der Waals surface area contributed by atoms with Crippen LogP contribution in [0.5, 0.6) is 5.88 Å². The molecule has 2 heterocycles. The summed E-state index contributed by atoms with van der Waals surface area (Å²) in [7, 11) is 0. The van der Waals surface area contributed by atoms with Crippen molar-refractivity contribution in [3.05, 3.63) is 52.9 Å². The van der Waals surface area contributed by atoms with Crippen LogP contribution >= 0.6 is 11.6 Å². The third-order valence-corrected chi connectivity index (χ3v) is 5.78. The van der Waals surface area contributed by atoms with Crippen LogP contribution < -0.4 is 10.1 Å². The second kappa shape index (κ2) is 7.36. The molecule has 1 amide bonds. The first-order valence-electron chi connectivity index (χ1n) is 9.96. The van der Waals surface area contributed by atoms with Gasteiger partial charge in [-0.05, 0) is 44.2 Å². The third-order valence-electron chi connectivity index (χ3n) is 5.54. The van der Waals surface area contributed by atoms with Gasteiger partial charge in [0.1, 0.15) is 5.54 Å². The van der Waals surface area contributed by atoms with Crippen molar-refractivity contribution in [2.24, 2.45) is 0 Å². The third kappa shape index (κ3) is 3.63. The first kappa shape index (κ1) is 19.0. The fourth-order valence-electron chi connectivity index (χ4n) is 3.68. The van der Waals surface area contributed by atoms with Gasteiger partial charge in [-0.15, -0.1) is 0 Å². The average Bonchev–Trinajstić information content (AvgIpc) is 3.45. The Morgan fingerprint density at radius 3 is 2.77 bits per heavy atom. The number of carbonyl (C=O) groups excluding carboxylic acids is 1. The fourth-order valence-corrected chi connectivity index (χ4v) is 3.87. The molecule has 30 heavy (non-hydrogen) atoms. The van der Waals surface area contributed by atoms with Crippen LogP contribution in [0.15, 0.2) is 35.0 Å². The van der Waals surface area contributed by atoms with Gasteiger partial charge in [0.25, 0.3) is 0 Å². The molecule has 1 aromatic carbocycles. The highest BCUT2D eigenvalue weighted by Gasteiger charge is 2.45. The SMILES string of the molecule is Cc1nc(C2(NC(=O)Oc3cnc(C4CC4)c(-c4cccc(Cl)c4)n3)CCC2)no1. The number of nitrogens with one attached hydrogen (secondary N) is 1. The van der Waals surface area contributed by atoms with Gasteiger partial charge < -0.3 is 14.6 Å². The van der Waals surface area contributed by atoms with Crippen molar-refractivity contribution in [3.8, 4) is 17.1 Å². The quantitative estimate of drug-likeness (QED) is 0.640. The molecule has 2 aromatic heterocycles. The second-order valence-corrected chi connectivity index (χ2v) is 8.25. The minimum atomic E-state index is -0.661. The maximum absolute atomic E-state index is 12.6. The van der Waals surface area contributed by atoms with Gasteiger partial charge in [-0.3, -0.25) is 4.98 Å². The molecule has 0 radical (unpaired) electrons. The lowest BCUT2D eigenvalue weighted by atomic mass is 9.76. The number of ether oxygens (including phenoxy) is 1. The molecule has 0 unspecified atom stereocenters. The van der Waals surface area contributed by atoms with Gasteiger partial charge in [-0.1, -0.05) is 28.9 Å². The van der Waals surface area contributed by atoms with Gasteiger partial charge in [0.2, 0.25) is 11.8 Å². The number of benzene rings is 1. The van der Waals surface area contributed by atoms with E-state index in [1.165, 1.54) is 6.20 Å². The number of hydrogen-bond donors (Lipinski definition) is 1. The van der Waals surface area contributed by atoms with Crippen LogP contribution in [0, 0.1) is 6.92 Å². The molecule has 3 aromatic rings. The van der Waals surface area contributed by atoms with E-state index in [1.807, 2.05) is 18.2 Å². The standard InChI is InChI=1S/C21H20ClN5O3/c1-12-24-19(27-30-12)21(8-3-9-21)26-20(28)29-16-11-23-17(13-6-7-13)18(25-16)14-4-2-5-15(22)10-14/h2,4-5,10-11,13H,3,6-9H2,1H3,(H,26,28). The Hall–Kier alpha value is -3.00. The van der Waals surface area contributed by atoms with Crippen LogP contribution in [0.4, 0.5) is 4.79 Å². The van der Waals surface area contributed by atoms with Gasteiger partial charge in [-0.2, -0.15) is 4.98 Å². The molecule has 2 fully saturated rings. The second-order valence-electron chi connectivity index (χ2n) is 7.81. The topological polar surface area (TPSA) is 103 Å². The van der Waals surface area contributed by atoms with Crippen LogP contribution in [0.25, 0.3) is 11.3 Å². The zero-order chi connectivity index (χ0) is 20.7. The van der Waals surface area contributed by atoms with E-state index in [-0.39, 0.29) is 5.88 Å². The van der Waals surface area contributed by atoms with Crippen LogP contribution in [0.2, 0.25) is 5.02 Å². The highest BCUT2D eigenvalue weighted by molar-refractivity contribution is 6.30. The van der Waals surface area contributed by atoms with Gasteiger partial charge in [0.05, 0.1) is 17.6 Å². The van der Waals surface area contributed by atoms with Crippen LogP contribution in [0.3, 0.4) is 0 Å². The van der Waals surface area contributed by atoms with E-state index in [0.29, 0.717) is 28.3 Å². The summed E-state index contributed by atoms with van der Waals surface area (Å²) in [6.45, 7) is 1.72. The van der Waals surface area contributed by atoms with E-state index >= 15 is 0 Å². The van der Waals surface area contributed by atoms with Crippen molar-refractivity contribution in [1.29, 1.82) is 0 Å². The molecule has 0 bridgehead atoms. The van der Waals surface area contributed by atoms with E-state index in [2.05, 4.69) is 25.4 Å². The predicted octanol–water partition coefficient (Wildman–Crippen LogP) is 4.53. The van der Waals surface area contributed by atoms with Crippen molar-refractivity contribution in [2.45, 2.75) is 50.5 Å². The molecule has 0 aliphatic heterocycles. The summed E-state index contributed by atoms with van der Waals surface area (Å²) >= 11 is 6.16. The molecule has 2 aliphatic carbocycles. The Labute approximate surface area is 178 Å². The molecule has 154 valence electrons. The Morgan fingerprint density at radius 2 is 2.13 bits per heavy atom. The largest absolute Gasteiger partial charge is 0.414 e. The minimum absolute atomic E-state index is 0.130. The van der Waals surface area contributed by atoms with Gasteiger partial charge in [0, 0.05) is 23.4 Å². The summed E-state index contributed by atoms with van der Waals surface area (Å²) < 4.78 is 10.6. The van der Waals surface area contributed by atoms with Crippen molar-refractivity contribution >= 4 is 17.7 Å². The lowest BCUT2D eigenvalue weighted by molar-refractivity contribution is 0.139. The molecule has 1 N–H and O–H groups in total. The zero-order valence-electron chi connectivity index (χ0n) is 16.4. The van der Waals surface area contributed by atoms with Gasteiger partial charge in [0.15, 0.2) is 5.82 Å². The maximum Gasteiger partial charge on any atom is 0.414 e. The van der Waals surface area contributed by atoms with Crippen molar-refractivity contribution in [1.82, 2.24) is 25.4 Å². The number of hydrogen-bond acceptors (Lipinski definition) is 7. The number of halogens is 1. The normalized spacial score (nSPS) is 17.3. The highest BCUT2D eigenvalue weighted by atomic mass is 35.5. The molecular weight excluding hydrogens is 406 g/mol. The van der Waals surface area contributed by atoms with Gasteiger partial charge >= 0.3 is 6.09 Å². The van der Waals surface area contributed by atoms with E-state index in [1.54, 1.807) is 13.0 Å². The molecular formula is C21H20ClN5O3. The van der Waals surface area contributed by atoms with E-state index in [4.69, 9.17) is 20.9 Å². The number of amides is 1. The molecule has 2 saturated carbocycles. The molecule has 2 aliphatic rings. The van der Waals surface area contributed by atoms with Crippen molar-refractivity contribution in [2.75, 3.05) is 0 Å². The highest BCUT2D eigenvalue weighted by Crippen LogP contribution is 2.43. The Kier molecular flexibility index (Phi) is 4.66. The van der Waals surface area contributed by atoms with E-state index < -0.39 is 11.6 Å². The summed E-state index contributed by atoms with van der Waals surface area (Å²) in [6, 6.07) is 7.43. The van der Waals surface area contributed by atoms with Crippen molar-refractivity contribution < 1.29 is 14.1 Å². The molecule has 8 nitrogen and oxygen atoms in total. The average molecular weight is 426 g/mol. The van der Waals surface area contributed by atoms with Gasteiger partial charge in [-0.25, -0.2) is 9.78 Å². The minimum Gasteiger partial charge on any atom is -0.390 e. The Morgan fingerprint density at radius 1 is 1.30 bits per heavy atom. The molecule has 9 heteroatoms. The number of aryl methyl sites for hydroxylation is 1. The number of aromatic nitrogens is 4. The summed E-state index contributed by atoms with van der Waals surface area (Å²) in [5, 5.41) is 7.48. The van der Waals surface area contributed by atoms with Crippen LogP contribution in [-0.2, 0) is 5.54 Å². The van der Waals surface area contributed by atoms with E-state index in [9.17, 15) is 4.79 Å². The Balaban J connectivity index is 1.38. The number of carbonyl (C=O) groups is 1. The summed E-state index contributed by atoms with van der Waals surface area (Å²) in [5.41, 5.74) is 1.78. The lowest BCUT2D eigenvalue weighted by Gasteiger charge is -2.38. The molecule has 0 saturated heterocycles. The van der Waals surface area contributed by atoms with Crippen LogP contribution in [-0.4, -0.2) is 26.2 Å². The van der Waals surface area contributed by atoms with Crippen LogP contribution in [0.1, 0.15) is 55.4 Å². The molecule has 0 atom stereocenters. The predicted molar refractivity (Wildman–Crippen MR) is 108 cm³/mol. The maximum atomic E-state index is 12.6.